The summed E-state index contributed by atoms with van der Waals surface area (Å²) in [4.78, 5) is 13.1. The largest absolute Gasteiger partial charge is 0.465 e. The molecule has 1 saturated carbocycles. The van der Waals surface area contributed by atoms with Gasteiger partial charge in [-0.3, -0.25) is 4.90 Å². The highest BCUT2D eigenvalue weighted by molar-refractivity contribution is 5.64. The second-order valence-corrected chi connectivity index (χ2v) is 10.1. The van der Waals surface area contributed by atoms with Crippen molar-refractivity contribution in [1.82, 2.24) is 20.0 Å². The molecule has 8 heteroatoms. The molecule has 2 atom stereocenters. The Balaban J connectivity index is 1.48. The lowest BCUT2D eigenvalue weighted by Gasteiger charge is -2.42. The van der Waals surface area contributed by atoms with Gasteiger partial charge >= 0.3 is 6.09 Å². The minimum absolute atomic E-state index is 0.0317. The fourth-order valence-corrected chi connectivity index (χ4v) is 5.53. The summed E-state index contributed by atoms with van der Waals surface area (Å²) in [6, 6.07) is 0.0958. The predicted molar refractivity (Wildman–Crippen MR) is 122 cm³/mol. The average Bonchev–Trinajstić information content (AvgIpc) is 3.22. The van der Waals surface area contributed by atoms with E-state index in [-0.39, 0.29) is 17.9 Å². The maximum Gasteiger partial charge on any atom is 0.404 e. The number of hydrogen-bond acceptors (Lipinski definition) is 5. The number of hydrogen-bond donors (Lipinski definition) is 2. The van der Waals surface area contributed by atoms with Gasteiger partial charge in [0, 0.05) is 50.0 Å². The van der Waals surface area contributed by atoms with E-state index in [0.717, 1.165) is 58.3 Å². The lowest BCUT2D eigenvalue weighted by molar-refractivity contribution is -0.102. The van der Waals surface area contributed by atoms with E-state index < -0.39 is 6.09 Å². The van der Waals surface area contributed by atoms with Crippen LogP contribution in [0.3, 0.4) is 0 Å². The molecule has 1 spiro atoms. The first kappa shape index (κ1) is 23.5. The van der Waals surface area contributed by atoms with E-state index in [1.165, 1.54) is 36.9 Å². The molecule has 2 aliphatic heterocycles. The SMILES string of the molecule is CC(CNC(=O)O)N(C)Cc1cn(C2CCCCO2)nc1C1CCC2(CCCCO2)CC1. The number of nitrogens with zero attached hydrogens (tertiary/aromatic N) is 3. The Hall–Kier alpha value is -1.64. The van der Waals surface area contributed by atoms with Gasteiger partial charge in [-0.05, 0) is 78.2 Å². The summed E-state index contributed by atoms with van der Waals surface area (Å²) in [6.45, 7) is 4.93. The van der Waals surface area contributed by atoms with Crippen LogP contribution >= 0.6 is 0 Å². The summed E-state index contributed by atoms with van der Waals surface area (Å²) in [5.41, 5.74) is 2.56. The Morgan fingerprint density at radius 2 is 2.03 bits per heavy atom. The van der Waals surface area contributed by atoms with E-state index in [4.69, 9.17) is 19.7 Å². The lowest BCUT2D eigenvalue weighted by atomic mass is 9.74. The van der Waals surface area contributed by atoms with Crippen LogP contribution in [0.1, 0.15) is 94.5 Å². The molecule has 3 heterocycles. The summed E-state index contributed by atoms with van der Waals surface area (Å²) in [5.74, 6) is 0.451. The number of likely N-dealkylation sites (N-methyl/N-ethyl adjacent to an activating group) is 1. The van der Waals surface area contributed by atoms with E-state index in [2.05, 4.69) is 35.1 Å². The van der Waals surface area contributed by atoms with Crippen LogP contribution in [-0.4, -0.2) is 64.3 Å². The maximum absolute atomic E-state index is 10.9. The summed E-state index contributed by atoms with van der Waals surface area (Å²) < 4.78 is 14.3. The second-order valence-electron chi connectivity index (χ2n) is 10.1. The van der Waals surface area contributed by atoms with Gasteiger partial charge < -0.3 is 19.9 Å². The molecule has 0 radical (unpaired) electrons. The summed E-state index contributed by atoms with van der Waals surface area (Å²) in [7, 11) is 2.05. The van der Waals surface area contributed by atoms with Crippen LogP contribution in [0.25, 0.3) is 0 Å². The van der Waals surface area contributed by atoms with Crippen LogP contribution in [0.15, 0.2) is 6.20 Å². The van der Waals surface area contributed by atoms with Gasteiger partial charge in [0.25, 0.3) is 0 Å². The molecular weight excluding hydrogens is 408 g/mol. The molecule has 2 saturated heterocycles. The fraction of sp³-hybridized carbons (Fsp3) is 0.833. The Morgan fingerprint density at radius 3 is 2.69 bits per heavy atom. The Morgan fingerprint density at radius 1 is 1.25 bits per heavy atom. The van der Waals surface area contributed by atoms with E-state index >= 15 is 0 Å². The first-order valence-corrected chi connectivity index (χ1v) is 12.5. The number of nitrogens with one attached hydrogen (secondary N) is 1. The fourth-order valence-electron chi connectivity index (χ4n) is 5.53. The first-order valence-electron chi connectivity index (χ1n) is 12.5. The molecule has 3 aliphatic rings. The highest BCUT2D eigenvalue weighted by Crippen LogP contribution is 2.44. The summed E-state index contributed by atoms with van der Waals surface area (Å²) >= 11 is 0. The monoisotopic (exact) mass is 448 g/mol. The molecule has 2 unspecified atom stereocenters. The lowest BCUT2D eigenvalue weighted by Crippen LogP contribution is -2.40. The van der Waals surface area contributed by atoms with Crippen molar-refractivity contribution in [1.29, 1.82) is 0 Å². The summed E-state index contributed by atoms with van der Waals surface area (Å²) in [6.07, 6.45) is 12.7. The van der Waals surface area contributed by atoms with Crippen LogP contribution in [0, 0.1) is 0 Å². The van der Waals surface area contributed by atoms with Crippen LogP contribution in [0.5, 0.6) is 0 Å². The minimum atomic E-state index is -0.978. The zero-order valence-corrected chi connectivity index (χ0v) is 19.7. The first-order chi connectivity index (χ1) is 15.5. The average molecular weight is 449 g/mol. The van der Waals surface area contributed by atoms with Gasteiger partial charge in [-0.25, -0.2) is 9.48 Å². The molecule has 4 rings (SSSR count). The Labute approximate surface area is 191 Å². The van der Waals surface area contributed by atoms with Crippen LogP contribution in [-0.2, 0) is 16.0 Å². The van der Waals surface area contributed by atoms with Gasteiger partial charge in [0.2, 0.25) is 0 Å². The smallest absolute Gasteiger partial charge is 0.404 e. The molecule has 1 aliphatic carbocycles. The third-order valence-electron chi connectivity index (χ3n) is 7.73. The molecule has 8 nitrogen and oxygen atoms in total. The molecule has 32 heavy (non-hydrogen) atoms. The second kappa shape index (κ2) is 10.5. The topological polar surface area (TPSA) is 88.9 Å². The van der Waals surface area contributed by atoms with E-state index in [1.54, 1.807) is 0 Å². The van der Waals surface area contributed by atoms with E-state index in [9.17, 15) is 4.79 Å². The molecule has 1 aromatic heterocycles. The van der Waals surface area contributed by atoms with Crippen molar-refractivity contribution in [3.8, 4) is 0 Å². The van der Waals surface area contributed by atoms with Gasteiger partial charge in [-0.1, -0.05) is 0 Å². The quantitative estimate of drug-likeness (QED) is 0.648. The number of ether oxygens (including phenoxy) is 2. The Kier molecular flexibility index (Phi) is 7.74. The zero-order chi connectivity index (χ0) is 22.6. The van der Waals surface area contributed by atoms with Gasteiger partial charge in [0.1, 0.15) is 6.23 Å². The molecular formula is C24H40N4O4. The van der Waals surface area contributed by atoms with Gasteiger partial charge in [0.05, 0.1) is 11.3 Å². The normalized spacial score (nSPS) is 29.8. The van der Waals surface area contributed by atoms with Crippen molar-refractivity contribution in [2.45, 2.75) is 101 Å². The molecule has 0 aromatic carbocycles. The van der Waals surface area contributed by atoms with Gasteiger partial charge in [0.15, 0.2) is 0 Å². The zero-order valence-electron chi connectivity index (χ0n) is 19.7. The Bertz CT molecular complexity index is 745. The molecule has 3 fully saturated rings. The molecule has 180 valence electrons. The van der Waals surface area contributed by atoms with Crippen molar-refractivity contribution in [3.63, 3.8) is 0 Å². The van der Waals surface area contributed by atoms with Crippen molar-refractivity contribution < 1.29 is 19.4 Å². The number of carbonyl (C=O) groups is 1. The molecule has 0 bridgehead atoms. The maximum atomic E-state index is 10.9. The van der Waals surface area contributed by atoms with Crippen molar-refractivity contribution >= 4 is 6.09 Å². The number of amides is 1. The van der Waals surface area contributed by atoms with Gasteiger partial charge in [-0.2, -0.15) is 5.10 Å². The third kappa shape index (κ3) is 5.64. The van der Waals surface area contributed by atoms with E-state index in [0.29, 0.717) is 12.5 Å². The molecule has 1 amide bonds. The van der Waals surface area contributed by atoms with Crippen LogP contribution in [0.2, 0.25) is 0 Å². The number of aromatic nitrogens is 2. The standard InChI is InChI=1S/C24H40N4O4/c1-18(15-25-23(29)30)27(2)16-20-17-28(21-7-3-5-13-31-21)26-22(20)19-8-11-24(12-9-19)10-4-6-14-32-24/h17-19,21,25H,3-16H2,1-2H3,(H,29,30). The minimum Gasteiger partial charge on any atom is -0.465 e. The summed E-state index contributed by atoms with van der Waals surface area (Å²) in [5, 5.41) is 16.5. The molecule has 2 N–H and O–H groups in total. The third-order valence-corrected chi connectivity index (χ3v) is 7.73. The number of rotatable bonds is 7. The highest BCUT2D eigenvalue weighted by atomic mass is 16.5. The van der Waals surface area contributed by atoms with Crippen LogP contribution in [0.4, 0.5) is 4.79 Å². The van der Waals surface area contributed by atoms with E-state index in [1.807, 2.05) is 0 Å². The van der Waals surface area contributed by atoms with Gasteiger partial charge in [-0.15, -0.1) is 0 Å². The van der Waals surface area contributed by atoms with Crippen molar-refractivity contribution in [2.75, 3.05) is 26.8 Å². The molecule has 1 aromatic rings. The highest BCUT2D eigenvalue weighted by Gasteiger charge is 2.39. The van der Waals surface area contributed by atoms with Crippen molar-refractivity contribution in [2.24, 2.45) is 0 Å². The number of carboxylic acid groups (broad SMARTS) is 1. The van der Waals surface area contributed by atoms with Crippen molar-refractivity contribution in [3.05, 3.63) is 17.5 Å². The predicted octanol–water partition coefficient (Wildman–Crippen LogP) is 4.27. The van der Waals surface area contributed by atoms with Crippen LogP contribution < -0.4 is 5.32 Å².